The molecule has 2 fully saturated rings. The van der Waals surface area contributed by atoms with Crippen molar-refractivity contribution in [2.75, 3.05) is 6.54 Å². The van der Waals surface area contributed by atoms with Crippen LogP contribution in [0.15, 0.2) is 0 Å². The zero-order valence-electron chi connectivity index (χ0n) is 9.95. The predicted molar refractivity (Wildman–Crippen MR) is 62.9 cm³/mol. The molecule has 92 valence electrons. The second-order valence-electron chi connectivity index (χ2n) is 5.34. The highest BCUT2D eigenvalue weighted by Gasteiger charge is 2.27. The van der Waals surface area contributed by atoms with Gasteiger partial charge in [-0.05, 0) is 31.6 Å². The van der Waals surface area contributed by atoms with Crippen molar-refractivity contribution in [2.45, 2.75) is 57.5 Å². The Balaban J connectivity index is 1.65. The first kappa shape index (κ1) is 11.9. The van der Waals surface area contributed by atoms with E-state index in [1.807, 2.05) is 0 Å². The molecule has 0 spiro atoms. The smallest absolute Gasteiger partial charge is 0.223 e. The molecule has 0 radical (unpaired) electrons. The van der Waals surface area contributed by atoms with Gasteiger partial charge in [0, 0.05) is 12.5 Å². The van der Waals surface area contributed by atoms with Crippen LogP contribution in [0.2, 0.25) is 0 Å². The minimum atomic E-state index is -0.329. The van der Waals surface area contributed by atoms with E-state index >= 15 is 0 Å². The Bertz CT molecular complexity index is 232. The van der Waals surface area contributed by atoms with Crippen molar-refractivity contribution < 1.29 is 9.90 Å². The summed E-state index contributed by atoms with van der Waals surface area (Å²) < 4.78 is 0. The van der Waals surface area contributed by atoms with Crippen LogP contribution in [0.5, 0.6) is 0 Å². The summed E-state index contributed by atoms with van der Waals surface area (Å²) in [5.74, 6) is 0.801. The van der Waals surface area contributed by atoms with E-state index in [9.17, 15) is 9.90 Å². The fourth-order valence-corrected chi connectivity index (χ4v) is 2.71. The minimum Gasteiger partial charge on any atom is -0.391 e. The lowest BCUT2D eigenvalue weighted by Crippen LogP contribution is -2.41. The third-order valence-corrected chi connectivity index (χ3v) is 4.16. The summed E-state index contributed by atoms with van der Waals surface area (Å²) in [5.41, 5.74) is 0. The van der Waals surface area contributed by atoms with Gasteiger partial charge < -0.3 is 10.4 Å². The quantitative estimate of drug-likeness (QED) is 0.767. The Morgan fingerprint density at radius 3 is 2.38 bits per heavy atom. The second-order valence-corrected chi connectivity index (χ2v) is 5.34. The molecule has 0 aliphatic heterocycles. The van der Waals surface area contributed by atoms with E-state index in [1.165, 1.54) is 25.7 Å². The van der Waals surface area contributed by atoms with Gasteiger partial charge in [0.2, 0.25) is 5.91 Å². The Morgan fingerprint density at radius 1 is 1.12 bits per heavy atom. The first-order valence-electron chi connectivity index (χ1n) is 6.73. The highest BCUT2D eigenvalue weighted by Crippen LogP contribution is 2.27. The minimum absolute atomic E-state index is 0.154. The van der Waals surface area contributed by atoms with Gasteiger partial charge in [0.05, 0.1) is 6.10 Å². The van der Waals surface area contributed by atoms with Crippen LogP contribution in [0.4, 0.5) is 0 Å². The summed E-state index contributed by atoms with van der Waals surface area (Å²) in [6.45, 7) is 0.458. The van der Waals surface area contributed by atoms with Gasteiger partial charge in [0.1, 0.15) is 0 Å². The molecule has 1 amide bonds. The highest BCUT2D eigenvalue weighted by molar-refractivity contribution is 5.79. The van der Waals surface area contributed by atoms with Crippen molar-refractivity contribution in [3.05, 3.63) is 0 Å². The SMILES string of the molecule is O=C(NC[C@H](O)C1CCCCC1)C1CCC1. The summed E-state index contributed by atoms with van der Waals surface area (Å²) in [4.78, 5) is 11.6. The number of hydrogen-bond acceptors (Lipinski definition) is 2. The average Bonchev–Trinajstić information content (AvgIpc) is 2.25. The number of hydrogen-bond donors (Lipinski definition) is 2. The molecule has 0 aromatic rings. The molecule has 3 heteroatoms. The first-order chi connectivity index (χ1) is 7.77. The second kappa shape index (κ2) is 5.67. The Hall–Kier alpha value is -0.570. The number of rotatable bonds is 4. The lowest BCUT2D eigenvalue weighted by atomic mass is 9.84. The van der Waals surface area contributed by atoms with Crippen molar-refractivity contribution in [3.8, 4) is 0 Å². The van der Waals surface area contributed by atoms with Crippen molar-refractivity contribution in [3.63, 3.8) is 0 Å². The van der Waals surface area contributed by atoms with Gasteiger partial charge in [0.25, 0.3) is 0 Å². The zero-order chi connectivity index (χ0) is 11.4. The Kier molecular flexibility index (Phi) is 4.22. The van der Waals surface area contributed by atoms with Gasteiger partial charge in [-0.25, -0.2) is 0 Å². The molecule has 2 aliphatic rings. The number of aliphatic hydroxyl groups is 1. The summed E-state index contributed by atoms with van der Waals surface area (Å²) in [6, 6.07) is 0. The highest BCUT2D eigenvalue weighted by atomic mass is 16.3. The summed E-state index contributed by atoms with van der Waals surface area (Å²) in [5, 5.41) is 12.9. The normalized spacial score (nSPS) is 24.8. The van der Waals surface area contributed by atoms with E-state index in [1.54, 1.807) is 0 Å². The number of aliphatic hydroxyl groups excluding tert-OH is 1. The molecule has 2 rings (SSSR count). The van der Waals surface area contributed by atoms with E-state index in [0.717, 1.165) is 25.7 Å². The third-order valence-electron chi connectivity index (χ3n) is 4.16. The molecule has 0 bridgehead atoms. The van der Waals surface area contributed by atoms with Crippen molar-refractivity contribution in [1.82, 2.24) is 5.32 Å². The van der Waals surface area contributed by atoms with Gasteiger partial charge in [-0.15, -0.1) is 0 Å². The number of carbonyl (C=O) groups is 1. The van der Waals surface area contributed by atoms with Crippen LogP contribution >= 0.6 is 0 Å². The van der Waals surface area contributed by atoms with Crippen molar-refractivity contribution in [2.24, 2.45) is 11.8 Å². The summed E-state index contributed by atoms with van der Waals surface area (Å²) >= 11 is 0. The molecular formula is C13H23NO2. The van der Waals surface area contributed by atoms with Crippen LogP contribution in [0.25, 0.3) is 0 Å². The number of amides is 1. The fraction of sp³-hybridized carbons (Fsp3) is 0.923. The lowest BCUT2D eigenvalue weighted by molar-refractivity contribution is -0.128. The maximum Gasteiger partial charge on any atom is 0.223 e. The molecule has 0 saturated heterocycles. The van der Waals surface area contributed by atoms with E-state index in [0.29, 0.717) is 12.5 Å². The Labute approximate surface area is 97.6 Å². The maximum atomic E-state index is 11.6. The molecule has 0 aromatic heterocycles. The van der Waals surface area contributed by atoms with E-state index < -0.39 is 0 Å². The van der Waals surface area contributed by atoms with Crippen molar-refractivity contribution in [1.29, 1.82) is 0 Å². The summed E-state index contributed by atoms with van der Waals surface area (Å²) in [7, 11) is 0. The van der Waals surface area contributed by atoms with Crippen LogP contribution in [0.3, 0.4) is 0 Å². The summed E-state index contributed by atoms with van der Waals surface area (Å²) in [6.07, 6.45) is 8.94. The van der Waals surface area contributed by atoms with Gasteiger partial charge in [-0.3, -0.25) is 4.79 Å². The van der Waals surface area contributed by atoms with Crippen LogP contribution in [-0.4, -0.2) is 23.7 Å². The van der Waals surface area contributed by atoms with Crippen LogP contribution in [0.1, 0.15) is 51.4 Å². The molecule has 2 saturated carbocycles. The lowest BCUT2D eigenvalue weighted by Gasteiger charge is -2.28. The maximum absolute atomic E-state index is 11.6. The molecule has 0 unspecified atom stereocenters. The van der Waals surface area contributed by atoms with Gasteiger partial charge in [-0.1, -0.05) is 25.7 Å². The molecule has 0 heterocycles. The average molecular weight is 225 g/mol. The molecular weight excluding hydrogens is 202 g/mol. The van der Waals surface area contributed by atoms with E-state index in [4.69, 9.17) is 0 Å². The monoisotopic (exact) mass is 225 g/mol. The van der Waals surface area contributed by atoms with Gasteiger partial charge >= 0.3 is 0 Å². The first-order valence-corrected chi connectivity index (χ1v) is 6.73. The molecule has 3 nitrogen and oxygen atoms in total. The third kappa shape index (κ3) is 2.97. The van der Waals surface area contributed by atoms with Crippen LogP contribution in [-0.2, 0) is 4.79 Å². The van der Waals surface area contributed by atoms with E-state index in [2.05, 4.69) is 5.32 Å². The Morgan fingerprint density at radius 2 is 1.81 bits per heavy atom. The molecule has 0 aromatic carbocycles. The fourth-order valence-electron chi connectivity index (χ4n) is 2.71. The van der Waals surface area contributed by atoms with Gasteiger partial charge in [-0.2, -0.15) is 0 Å². The largest absolute Gasteiger partial charge is 0.391 e. The molecule has 2 aliphatic carbocycles. The zero-order valence-corrected chi connectivity index (χ0v) is 9.95. The van der Waals surface area contributed by atoms with Crippen LogP contribution in [0, 0.1) is 11.8 Å². The molecule has 1 atom stereocenters. The van der Waals surface area contributed by atoms with E-state index in [-0.39, 0.29) is 17.9 Å². The standard InChI is InChI=1S/C13H23NO2/c15-12(10-5-2-1-3-6-10)9-14-13(16)11-7-4-8-11/h10-12,15H,1-9H2,(H,14,16)/t12-/m0/s1. The predicted octanol–water partition coefficient (Wildman–Crippen LogP) is 1.84. The topological polar surface area (TPSA) is 49.3 Å². The van der Waals surface area contributed by atoms with Crippen LogP contribution < -0.4 is 5.32 Å². The number of carbonyl (C=O) groups excluding carboxylic acids is 1. The van der Waals surface area contributed by atoms with Gasteiger partial charge in [0.15, 0.2) is 0 Å². The molecule has 16 heavy (non-hydrogen) atoms. The number of nitrogens with one attached hydrogen (secondary N) is 1. The van der Waals surface area contributed by atoms with Crippen molar-refractivity contribution >= 4 is 5.91 Å². The molecule has 2 N–H and O–H groups in total.